The van der Waals surface area contributed by atoms with Crippen LogP contribution in [-0.4, -0.2) is 24.4 Å². The minimum atomic E-state index is -0.586. The molecule has 2 amide bonds. The van der Waals surface area contributed by atoms with E-state index >= 15 is 0 Å². The lowest BCUT2D eigenvalue weighted by atomic mass is 9.69. The van der Waals surface area contributed by atoms with Gasteiger partial charge in [-0.1, -0.05) is 39.3 Å². The van der Waals surface area contributed by atoms with Gasteiger partial charge in [-0.05, 0) is 49.1 Å². The average Bonchev–Trinajstić information content (AvgIpc) is 2.60. The molecule has 5 heteroatoms. The Balaban J connectivity index is 1.75. The van der Waals surface area contributed by atoms with Gasteiger partial charge in [-0.3, -0.25) is 9.59 Å². The van der Waals surface area contributed by atoms with Crippen molar-refractivity contribution in [2.75, 3.05) is 6.54 Å². The molecule has 0 bridgehead atoms. The van der Waals surface area contributed by atoms with Crippen LogP contribution in [0.25, 0.3) is 0 Å². The fraction of sp³-hybridized carbons (Fsp3) is 0.600. The van der Waals surface area contributed by atoms with Crippen LogP contribution < -0.4 is 10.6 Å². The Bertz CT molecular complexity index is 607. The van der Waals surface area contributed by atoms with Crippen LogP contribution in [0.1, 0.15) is 63.2 Å². The summed E-state index contributed by atoms with van der Waals surface area (Å²) in [5.41, 5.74) is 0.306. The molecule has 0 heterocycles. The third kappa shape index (κ3) is 5.28. The molecule has 4 nitrogen and oxygen atoms in total. The molecule has 0 radical (unpaired) electrons. The summed E-state index contributed by atoms with van der Waals surface area (Å²) in [6.45, 7) is 6.73. The van der Waals surface area contributed by atoms with E-state index in [0.29, 0.717) is 11.3 Å². The van der Waals surface area contributed by atoms with E-state index in [0.717, 1.165) is 32.1 Å². The van der Waals surface area contributed by atoms with Crippen molar-refractivity contribution in [2.45, 2.75) is 58.9 Å². The van der Waals surface area contributed by atoms with E-state index in [1.54, 1.807) is 6.07 Å². The predicted molar refractivity (Wildman–Crippen MR) is 96.7 cm³/mol. The van der Waals surface area contributed by atoms with Gasteiger partial charge in [0.15, 0.2) is 0 Å². The molecule has 2 N–H and O–H groups in total. The minimum absolute atomic E-state index is 0.0439. The van der Waals surface area contributed by atoms with Crippen LogP contribution in [0, 0.1) is 17.2 Å². The quantitative estimate of drug-likeness (QED) is 0.824. The Morgan fingerprint density at radius 2 is 1.80 bits per heavy atom. The smallest absolute Gasteiger partial charge is 0.254 e. The monoisotopic (exact) mass is 348 g/mol. The van der Waals surface area contributed by atoms with Gasteiger partial charge in [0.2, 0.25) is 5.91 Å². The van der Waals surface area contributed by atoms with Crippen molar-refractivity contribution in [1.82, 2.24) is 10.6 Å². The van der Waals surface area contributed by atoms with Gasteiger partial charge >= 0.3 is 0 Å². The lowest BCUT2D eigenvalue weighted by molar-refractivity contribution is -0.121. The number of rotatable bonds is 6. The molecule has 0 aliphatic heterocycles. The third-order valence-corrected chi connectivity index (χ3v) is 5.64. The van der Waals surface area contributed by atoms with Crippen molar-refractivity contribution in [1.29, 1.82) is 0 Å². The molecule has 1 aromatic rings. The maximum Gasteiger partial charge on any atom is 0.254 e. The van der Waals surface area contributed by atoms with Crippen LogP contribution >= 0.6 is 0 Å². The molecular formula is C20H29FN2O2. The Hall–Kier alpha value is -1.91. The van der Waals surface area contributed by atoms with Crippen LogP contribution in [0.2, 0.25) is 0 Å². The molecule has 1 aliphatic carbocycles. The van der Waals surface area contributed by atoms with Crippen molar-refractivity contribution in [3.8, 4) is 0 Å². The minimum Gasteiger partial charge on any atom is -0.352 e. The van der Waals surface area contributed by atoms with E-state index in [-0.39, 0.29) is 24.1 Å². The maximum atomic E-state index is 13.5. The molecule has 0 atom stereocenters. The number of hydrogen-bond acceptors (Lipinski definition) is 2. The second-order valence-corrected chi connectivity index (χ2v) is 7.62. The molecule has 2 rings (SSSR count). The molecule has 1 aromatic carbocycles. The van der Waals surface area contributed by atoms with Crippen molar-refractivity contribution in [3.05, 3.63) is 35.6 Å². The number of carbonyl (C=O) groups is 2. The van der Waals surface area contributed by atoms with Crippen molar-refractivity contribution >= 4 is 11.8 Å². The first kappa shape index (κ1) is 19.4. The Morgan fingerprint density at radius 1 is 1.16 bits per heavy atom. The average molecular weight is 348 g/mol. The molecule has 0 spiro atoms. The van der Waals surface area contributed by atoms with Crippen LogP contribution in [-0.2, 0) is 4.79 Å². The zero-order valence-electron chi connectivity index (χ0n) is 15.4. The van der Waals surface area contributed by atoms with E-state index in [1.807, 2.05) is 0 Å². The molecule has 0 unspecified atom stereocenters. The summed E-state index contributed by atoms with van der Waals surface area (Å²) in [5.74, 6) is -0.673. The number of nitrogens with one attached hydrogen (secondary N) is 2. The number of benzene rings is 1. The normalized spacial score (nSPS) is 20.8. The van der Waals surface area contributed by atoms with Gasteiger partial charge in [-0.25, -0.2) is 4.39 Å². The van der Waals surface area contributed by atoms with Gasteiger partial charge in [0.1, 0.15) is 5.82 Å². The molecule has 1 aliphatic rings. The van der Waals surface area contributed by atoms with Crippen LogP contribution in [0.5, 0.6) is 0 Å². The lowest BCUT2D eigenvalue weighted by Crippen LogP contribution is -2.44. The van der Waals surface area contributed by atoms with Crippen molar-refractivity contribution in [2.24, 2.45) is 11.3 Å². The molecule has 25 heavy (non-hydrogen) atoms. The van der Waals surface area contributed by atoms with Crippen molar-refractivity contribution in [3.63, 3.8) is 0 Å². The maximum absolute atomic E-state index is 13.5. The van der Waals surface area contributed by atoms with E-state index in [4.69, 9.17) is 0 Å². The SMILES string of the molecule is CCC(C)(C)C1CCC(NC(=O)CNC(=O)c2ccccc2F)CC1. The van der Waals surface area contributed by atoms with Crippen LogP contribution in [0.3, 0.4) is 0 Å². The first-order valence-electron chi connectivity index (χ1n) is 9.15. The molecule has 1 fully saturated rings. The summed E-state index contributed by atoms with van der Waals surface area (Å²) in [6.07, 6.45) is 5.35. The van der Waals surface area contributed by atoms with Crippen LogP contribution in [0.15, 0.2) is 24.3 Å². The zero-order chi connectivity index (χ0) is 18.4. The van der Waals surface area contributed by atoms with Gasteiger partial charge in [0, 0.05) is 6.04 Å². The molecular weight excluding hydrogens is 319 g/mol. The lowest BCUT2D eigenvalue weighted by Gasteiger charge is -2.39. The second kappa shape index (κ2) is 8.45. The van der Waals surface area contributed by atoms with E-state index < -0.39 is 11.7 Å². The van der Waals surface area contributed by atoms with Gasteiger partial charge in [-0.15, -0.1) is 0 Å². The fourth-order valence-electron chi connectivity index (χ4n) is 3.49. The highest BCUT2D eigenvalue weighted by Gasteiger charge is 2.32. The fourth-order valence-corrected chi connectivity index (χ4v) is 3.49. The summed E-state index contributed by atoms with van der Waals surface area (Å²) < 4.78 is 13.5. The predicted octanol–water partition coefficient (Wildman–Crippen LogP) is 3.67. The molecule has 0 saturated heterocycles. The van der Waals surface area contributed by atoms with Gasteiger partial charge in [0.25, 0.3) is 5.91 Å². The third-order valence-electron chi connectivity index (χ3n) is 5.64. The van der Waals surface area contributed by atoms with Crippen LogP contribution in [0.4, 0.5) is 4.39 Å². The Labute approximate surface area is 149 Å². The highest BCUT2D eigenvalue weighted by Crippen LogP contribution is 2.40. The van der Waals surface area contributed by atoms with E-state index in [9.17, 15) is 14.0 Å². The molecule has 138 valence electrons. The standard InChI is InChI=1S/C20H29FN2O2/c1-4-20(2,3)14-9-11-15(12-10-14)23-18(24)13-22-19(25)16-7-5-6-8-17(16)21/h5-8,14-15H,4,9-13H2,1-3H3,(H,22,25)(H,23,24). The van der Waals surface area contributed by atoms with Gasteiger partial charge in [0.05, 0.1) is 12.1 Å². The largest absolute Gasteiger partial charge is 0.352 e. The number of amides is 2. The Morgan fingerprint density at radius 3 is 2.40 bits per heavy atom. The van der Waals surface area contributed by atoms with Gasteiger partial charge < -0.3 is 10.6 Å². The highest BCUT2D eigenvalue weighted by atomic mass is 19.1. The number of hydrogen-bond donors (Lipinski definition) is 2. The Kier molecular flexibility index (Phi) is 6.57. The van der Waals surface area contributed by atoms with Gasteiger partial charge in [-0.2, -0.15) is 0 Å². The topological polar surface area (TPSA) is 58.2 Å². The summed E-state index contributed by atoms with van der Waals surface area (Å²) >= 11 is 0. The van der Waals surface area contributed by atoms with Crippen molar-refractivity contribution < 1.29 is 14.0 Å². The zero-order valence-corrected chi connectivity index (χ0v) is 15.4. The number of carbonyl (C=O) groups excluding carboxylic acids is 2. The summed E-state index contributed by atoms with van der Waals surface area (Å²) in [4.78, 5) is 24.0. The van der Waals surface area contributed by atoms with E-state index in [1.165, 1.54) is 18.2 Å². The van der Waals surface area contributed by atoms with E-state index in [2.05, 4.69) is 31.4 Å². The molecule has 0 aromatic heterocycles. The first-order valence-corrected chi connectivity index (χ1v) is 9.15. The molecule has 1 saturated carbocycles. The number of halogens is 1. The highest BCUT2D eigenvalue weighted by molar-refractivity contribution is 5.96. The summed E-state index contributed by atoms with van der Waals surface area (Å²) in [5, 5.41) is 5.46. The summed E-state index contributed by atoms with van der Waals surface area (Å²) in [6, 6.07) is 5.91. The second-order valence-electron chi connectivity index (χ2n) is 7.62. The summed E-state index contributed by atoms with van der Waals surface area (Å²) in [7, 11) is 0. The first-order chi connectivity index (χ1) is 11.8.